The number of rotatable bonds is 11. The molecule has 35 heavy (non-hydrogen) atoms. The van der Waals surface area contributed by atoms with Crippen molar-refractivity contribution in [3.05, 3.63) is 71.8 Å². The highest BCUT2D eigenvalue weighted by Gasteiger charge is 2.27. The Morgan fingerprint density at radius 2 is 1.31 bits per heavy atom. The van der Waals surface area contributed by atoms with E-state index in [0.717, 1.165) is 11.1 Å². The third-order valence-corrected chi connectivity index (χ3v) is 5.16. The van der Waals surface area contributed by atoms with E-state index in [4.69, 9.17) is 5.73 Å². The predicted molar refractivity (Wildman–Crippen MR) is 131 cm³/mol. The molecule has 7 N–H and O–H groups in total. The van der Waals surface area contributed by atoms with Gasteiger partial charge in [-0.05, 0) is 29.9 Å². The van der Waals surface area contributed by atoms with Crippen LogP contribution < -0.4 is 27.2 Å². The van der Waals surface area contributed by atoms with Crippen LogP contribution in [-0.4, -0.2) is 47.0 Å². The Kier molecular flexibility index (Phi) is 10.7. The molecule has 0 spiro atoms. The molecule has 10 nitrogen and oxygen atoms in total. The van der Waals surface area contributed by atoms with Crippen LogP contribution in [0.25, 0.3) is 0 Å². The number of amides is 4. The highest BCUT2D eigenvalue weighted by molar-refractivity contribution is 5.91. The standard InChI is InChI=1S/C25H33N5O5/c1-16(2)13-20(23(32)27-21(24(33)34)15-18-11-7-4-8-12-18)28-25(35)30-29-22(31)19(26)14-17-9-5-3-6-10-17/h3-12,16,19-21H,13-15,26H2,1-2H3,(H,27,32)(H,29,31)(H,33,34)(H2,28,30,35)/t19-,20-,21-/m0/s1. The fourth-order valence-electron chi connectivity index (χ4n) is 3.39. The molecule has 2 rings (SSSR count). The zero-order valence-corrected chi connectivity index (χ0v) is 19.9. The van der Waals surface area contributed by atoms with Gasteiger partial charge in [0.1, 0.15) is 12.1 Å². The highest BCUT2D eigenvalue weighted by atomic mass is 16.4. The molecule has 0 saturated heterocycles. The minimum atomic E-state index is -1.19. The van der Waals surface area contributed by atoms with Crippen molar-refractivity contribution in [3.8, 4) is 0 Å². The van der Waals surface area contributed by atoms with Crippen molar-refractivity contribution in [1.82, 2.24) is 21.5 Å². The number of hydrogen-bond donors (Lipinski definition) is 6. The van der Waals surface area contributed by atoms with E-state index >= 15 is 0 Å². The first-order valence-electron chi connectivity index (χ1n) is 11.4. The average Bonchev–Trinajstić information content (AvgIpc) is 2.82. The Labute approximate surface area is 204 Å². The molecule has 188 valence electrons. The molecule has 0 unspecified atom stereocenters. The summed E-state index contributed by atoms with van der Waals surface area (Å²) in [5.74, 6) is -2.39. The molecule has 0 bridgehead atoms. The normalized spacial score (nSPS) is 13.3. The van der Waals surface area contributed by atoms with E-state index in [-0.39, 0.29) is 25.2 Å². The maximum atomic E-state index is 12.8. The van der Waals surface area contributed by atoms with Crippen LogP contribution in [0.5, 0.6) is 0 Å². The van der Waals surface area contributed by atoms with E-state index in [2.05, 4.69) is 21.5 Å². The summed E-state index contributed by atoms with van der Waals surface area (Å²) in [6.07, 6.45) is 0.641. The van der Waals surface area contributed by atoms with Crippen LogP contribution in [0.4, 0.5) is 4.79 Å². The second-order valence-corrected chi connectivity index (χ2v) is 8.66. The van der Waals surface area contributed by atoms with Gasteiger partial charge in [0, 0.05) is 6.42 Å². The van der Waals surface area contributed by atoms with E-state index in [1.165, 1.54) is 0 Å². The summed E-state index contributed by atoms with van der Waals surface area (Å²) in [5, 5.41) is 14.5. The number of urea groups is 1. The summed E-state index contributed by atoms with van der Waals surface area (Å²) in [5.41, 5.74) is 12.0. The smallest absolute Gasteiger partial charge is 0.334 e. The molecule has 3 atom stereocenters. The average molecular weight is 484 g/mol. The number of nitrogens with two attached hydrogens (primary N) is 1. The quantitative estimate of drug-likeness (QED) is 0.262. The van der Waals surface area contributed by atoms with Crippen LogP contribution in [-0.2, 0) is 27.2 Å². The molecule has 0 radical (unpaired) electrons. The van der Waals surface area contributed by atoms with Gasteiger partial charge >= 0.3 is 12.0 Å². The Morgan fingerprint density at radius 3 is 1.83 bits per heavy atom. The number of hydrazine groups is 1. The Balaban J connectivity index is 1.92. The monoisotopic (exact) mass is 483 g/mol. The molecule has 2 aromatic carbocycles. The lowest BCUT2D eigenvalue weighted by molar-refractivity contribution is -0.142. The molecule has 0 aliphatic carbocycles. The van der Waals surface area contributed by atoms with Gasteiger partial charge in [-0.1, -0.05) is 74.5 Å². The minimum absolute atomic E-state index is 0.0253. The van der Waals surface area contributed by atoms with E-state index in [9.17, 15) is 24.3 Å². The second-order valence-electron chi connectivity index (χ2n) is 8.66. The summed E-state index contributed by atoms with van der Waals surface area (Å²) in [4.78, 5) is 49.1. The Hall–Kier alpha value is -3.92. The van der Waals surface area contributed by atoms with Gasteiger partial charge < -0.3 is 21.5 Å². The second kappa shape index (κ2) is 13.7. The first kappa shape index (κ1) is 27.3. The molecule has 0 fully saturated rings. The summed E-state index contributed by atoms with van der Waals surface area (Å²) < 4.78 is 0. The molecule has 0 aromatic heterocycles. The van der Waals surface area contributed by atoms with Gasteiger partial charge in [0.25, 0.3) is 5.91 Å². The van der Waals surface area contributed by atoms with Crippen molar-refractivity contribution < 1.29 is 24.3 Å². The van der Waals surface area contributed by atoms with Crippen LogP contribution in [0.2, 0.25) is 0 Å². The fraction of sp³-hybridized carbons (Fsp3) is 0.360. The number of nitrogens with one attached hydrogen (secondary N) is 4. The van der Waals surface area contributed by atoms with Crippen LogP contribution >= 0.6 is 0 Å². The molecule has 0 aliphatic heterocycles. The molecule has 2 aromatic rings. The van der Waals surface area contributed by atoms with Gasteiger partial charge in [-0.25, -0.2) is 15.0 Å². The number of aliphatic carboxylic acids is 1. The zero-order chi connectivity index (χ0) is 25.8. The summed E-state index contributed by atoms with van der Waals surface area (Å²) in [7, 11) is 0. The number of carbonyl (C=O) groups excluding carboxylic acids is 3. The van der Waals surface area contributed by atoms with Gasteiger partial charge in [0.05, 0.1) is 6.04 Å². The fourth-order valence-corrected chi connectivity index (χ4v) is 3.39. The molecule has 4 amide bonds. The first-order valence-corrected chi connectivity index (χ1v) is 11.4. The molecule has 0 saturated carbocycles. The van der Waals surface area contributed by atoms with Gasteiger partial charge in [0.2, 0.25) is 5.91 Å². The molecular formula is C25H33N5O5. The van der Waals surface area contributed by atoms with E-state index in [0.29, 0.717) is 0 Å². The maximum Gasteiger partial charge on any atom is 0.334 e. The van der Waals surface area contributed by atoms with Crippen molar-refractivity contribution in [2.75, 3.05) is 0 Å². The summed E-state index contributed by atoms with van der Waals surface area (Å²) in [6, 6.07) is 14.2. The van der Waals surface area contributed by atoms with Gasteiger partial charge in [0.15, 0.2) is 0 Å². The van der Waals surface area contributed by atoms with Crippen molar-refractivity contribution in [3.63, 3.8) is 0 Å². The third-order valence-electron chi connectivity index (χ3n) is 5.16. The van der Waals surface area contributed by atoms with Crippen molar-refractivity contribution in [1.29, 1.82) is 0 Å². The topological polar surface area (TPSA) is 163 Å². The van der Waals surface area contributed by atoms with Gasteiger partial charge in [-0.2, -0.15) is 0 Å². The lowest BCUT2D eigenvalue weighted by atomic mass is 10.0. The van der Waals surface area contributed by atoms with Crippen LogP contribution in [0.3, 0.4) is 0 Å². The van der Waals surface area contributed by atoms with Crippen LogP contribution in [0.15, 0.2) is 60.7 Å². The minimum Gasteiger partial charge on any atom is -0.480 e. The predicted octanol–water partition coefficient (Wildman–Crippen LogP) is 1.11. The van der Waals surface area contributed by atoms with Gasteiger partial charge in [-0.15, -0.1) is 0 Å². The summed E-state index contributed by atoms with van der Waals surface area (Å²) in [6.45, 7) is 3.73. The van der Waals surface area contributed by atoms with E-state index in [1.54, 1.807) is 24.3 Å². The number of carboxylic acid groups (broad SMARTS) is 1. The third kappa shape index (κ3) is 9.85. The van der Waals surface area contributed by atoms with Crippen molar-refractivity contribution >= 4 is 23.8 Å². The van der Waals surface area contributed by atoms with Crippen molar-refractivity contribution in [2.45, 2.75) is 51.2 Å². The Bertz CT molecular complexity index is 984. The molecule has 0 heterocycles. The Morgan fingerprint density at radius 1 is 0.771 bits per heavy atom. The maximum absolute atomic E-state index is 12.8. The number of carboxylic acids is 1. The van der Waals surface area contributed by atoms with Gasteiger partial charge in [-0.3, -0.25) is 15.0 Å². The summed E-state index contributed by atoms with van der Waals surface area (Å²) >= 11 is 0. The van der Waals surface area contributed by atoms with Crippen LogP contribution in [0, 0.1) is 5.92 Å². The number of benzene rings is 2. The lowest BCUT2D eigenvalue weighted by Gasteiger charge is -2.23. The van der Waals surface area contributed by atoms with Crippen LogP contribution in [0.1, 0.15) is 31.4 Å². The lowest BCUT2D eigenvalue weighted by Crippen LogP contribution is -2.58. The highest BCUT2D eigenvalue weighted by Crippen LogP contribution is 2.08. The largest absolute Gasteiger partial charge is 0.480 e. The first-order chi connectivity index (χ1) is 16.7. The zero-order valence-electron chi connectivity index (χ0n) is 19.9. The number of carbonyl (C=O) groups is 4. The van der Waals surface area contributed by atoms with Crippen molar-refractivity contribution in [2.24, 2.45) is 11.7 Å². The molecular weight excluding hydrogens is 450 g/mol. The SMILES string of the molecule is CC(C)C[C@H](NC(=O)NNC(=O)[C@@H](N)Cc1ccccc1)C(=O)N[C@@H](Cc1ccccc1)C(=O)O. The molecule has 0 aliphatic rings. The number of hydrogen-bond acceptors (Lipinski definition) is 5. The van der Waals surface area contributed by atoms with E-state index < -0.39 is 41.9 Å². The molecule has 10 heteroatoms. The van der Waals surface area contributed by atoms with E-state index in [1.807, 2.05) is 50.2 Å².